The number of methoxy groups -OCH3 is 1. The van der Waals surface area contributed by atoms with Crippen molar-refractivity contribution in [3.8, 4) is 5.75 Å². The number of carbonyl (C=O) groups excluding carboxylic acids is 2. The third-order valence-corrected chi connectivity index (χ3v) is 6.00. The number of aromatic nitrogens is 3. The minimum absolute atomic E-state index is 0.229. The molecule has 0 spiro atoms. The Hall–Kier alpha value is -3.68. The number of fused-ring (bicyclic) bond motifs is 1. The number of carbonyl (C=O) groups is 1. The Morgan fingerprint density at radius 3 is 2.85 bits per heavy atom. The zero-order valence-corrected chi connectivity index (χ0v) is 19.4. The van der Waals surface area contributed by atoms with Gasteiger partial charge in [0.1, 0.15) is 11.4 Å². The zero-order chi connectivity index (χ0) is 23.5. The van der Waals surface area contributed by atoms with Gasteiger partial charge in [-0.05, 0) is 41.7 Å². The molecule has 0 aromatic carbocycles. The highest BCUT2D eigenvalue weighted by Gasteiger charge is 2.26. The van der Waals surface area contributed by atoms with E-state index in [1.807, 2.05) is 31.2 Å². The smallest absolute Gasteiger partial charge is 0.273 e. The van der Waals surface area contributed by atoms with Gasteiger partial charge in [0, 0.05) is 39.9 Å². The van der Waals surface area contributed by atoms with Crippen LogP contribution in [0.3, 0.4) is 0 Å². The molecule has 0 fully saturated rings. The number of amides is 1. The predicted molar refractivity (Wildman–Crippen MR) is 126 cm³/mol. The van der Waals surface area contributed by atoms with E-state index in [-0.39, 0.29) is 5.91 Å². The number of hydrogen-bond acceptors (Lipinski definition) is 7. The van der Waals surface area contributed by atoms with Crippen LogP contribution in [0.1, 0.15) is 47.2 Å². The van der Waals surface area contributed by atoms with Gasteiger partial charge in [0.15, 0.2) is 17.4 Å². The molecule has 0 aliphatic carbocycles. The van der Waals surface area contributed by atoms with Gasteiger partial charge in [-0.25, -0.2) is 4.79 Å². The first kappa shape index (κ1) is 22.5. The van der Waals surface area contributed by atoms with Gasteiger partial charge in [0.25, 0.3) is 5.91 Å². The Bertz CT molecular complexity index is 1200. The number of allylic oxidation sites excluding steroid dienone is 1. The Labute approximate surface area is 192 Å². The molecule has 0 saturated heterocycles. The van der Waals surface area contributed by atoms with Crippen molar-refractivity contribution < 1.29 is 14.3 Å². The molecule has 0 bridgehead atoms. The van der Waals surface area contributed by atoms with E-state index < -0.39 is 0 Å². The standard InChI is InChI=1S/C24H28N6O3/c1-5-16-11-18-19(27-20(16)14-31)10-15(12-26-18)13-30-8-6-17(7-9-30)21-23(33-4)22(24(32)25-2)29(3)28-21/h6,10-12,27H,5,7-9,13H2,1-4H3,(H,25,32). The van der Waals surface area contributed by atoms with Crippen molar-refractivity contribution in [3.05, 3.63) is 52.3 Å². The first-order valence-electron chi connectivity index (χ1n) is 11.0. The highest BCUT2D eigenvalue weighted by molar-refractivity contribution is 5.96. The summed E-state index contributed by atoms with van der Waals surface area (Å²) in [6.45, 7) is 4.32. The van der Waals surface area contributed by atoms with Crippen LogP contribution in [0.25, 0.3) is 11.6 Å². The van der Waals surface area contributed by atoms with Crippen LogP contribution in [-0.4, -0.2) is 58.8 Å². The van der Waals surface area contributed by atoms with Crippen LogP contribution < -0.4 is 15.4 Å². The quantitative estimate of drug-likeness (QED) is 0.655. The van der Waals surface area contributed by atoms with Crippen LogP contribution in [-0.2, 0) is 18.4 Å². The molecule has 9 nitrogen and oxygen atoms in total. The monoisotopic (exact) mass is 448 g/mol. The molecular formula is C24H28N6O3. The number of nitrogens with zero attached hydrogens (tertiary/aromatic N) is 4. The number of aryl methyl sites for hydroxylation is 1. The summed E-state index contributed by atoms with van der Waals surface area (Å²) in [7, 11) is 4.89. The topological polar surface area (TPSA) is 101 Å². The van der Waals surface area contributed by atoms with E-state index in [1.165, 1.54) is 0 Å². The van der Waals surface area contributed by atoms with Crippen molar-refractivity contribution in [1.29, 1.82) is 0 Å². The lowest BCUT2D eigenvalue weighted by Gasteiger charge is -2.26. The minimum Gasteiger partial charge on any atom is -0.492 e. The highest BCUT2D eigenvalue weighted by Crippen LogP contribution is 2.33. The SMILES string of the molecule is CCC1=Cc2ncc(CN3CC=C(c4nn(C)c(C(=O)NC)c4OC)CC3)cc2NC1=C=O. The number of anilines is 1. The number of hydrogen-bond donors (Lipinski definition) is 2. The lowest BCUT2D eigenvalue weighted by molar-refractivity contribution is 0.0950. The molecule has 2 aliphatic heterocycles. The predicted octanol–water partition coefficient (Wildman–Crippen LogP) is 2.41. The van der Waals surface area contributed by atoms with E-state index in [0.29, 0.717) is 22.8 Å². The largest absolute Gasteiger partial charge is 0.492 e. The molecule has 0 radical (unpaired) electrons. The molecule has 1 amide bonds. The molecule has 33 heavy (non-hydrogen) atoms. The molecule has 0 saturated carbocycles. The van der Waals surface area contributed by atoms with E-state index in [1.54, 1.807) is 25.9 Å². The number of ether oxygens (including phenoxy) is 1. The Morgan fingerprint density at radius 2 is 2.21 bits per heavy atom. The molecular weight excluding hydrogens is 420 g/mol. The first-order chi connectivity index (χ1) is 16.0. The van der Waals surface area contributed by atoms with Crippen molar-refractivity contribution >= 4 is 29.2 Å². The molecule has 4 heterocycles. The Kier molecular flexibility index (Phi) is 6.44. The van der Waals surface area contributed by atoms with Crippen LogP contribution in [0.2, 0.25) is 0 Å². The van der Waals surface area contributed by atoms with Gasteiger partial charge in [0.05, 0.1) is 18.5 Å². The maximum absolute atomic E-state index is 12.2. The van der Waals surface area contributed by atoms with Crippen molar-refractivity contribution in [2.75, 3.05) is 32.6 Å². The average molecular weight is 449 g/mol. The third-order valence-electron chi connectivity index (χ3n) is 6.00. The van der Waals surface area contributed by atoms with Crippen molar-refractivity contribution in [2.24, 2.45) is 7.05 Å². The van der Waals surface area contributed by atoms with Crippen LogP contribution in [0, 0.1) is 0 Å². The number of rotatable bonds is 6. The van der Waals surface area contributed by atoms with E-state index in [4.69, 9.17) is 4.74 Å². The second-order valence-electron chi connectivity index (χ2n) is 8.05. The summed E-state index contributed by atoms with van der Waals surface area (Å²) >= 11 is 0. The van der Waals surface area contributed by atoms with Gasteiger partial charge in [-0.1, -0.05) is 13.0 Å². The second kappa shape index (κ2) is 9.44. The van der Waals surface area contributed by atoms with Gasteiger partial charge in [0.2, 0.25) is 0 Å². The molecule has 0 unspecified atom stereocenters. The van der Waals surface area contributed by atoms with Gasteiger partial charge in [-0.3, -0.25) is 19.4 Å². The summed E-state index contributed by atoms with van der Waals surface area (Å²) < 4.78 is 7.10. The fourth-order valence-corrected chi connectivity index (χ4v) is 4.25. The van der Waals surface area contributed by atoms with Crippen molar-refractivity contribution in [1.82, 2.24) is 25.0 Å². The van der Waals surface area contributed by atoms with Gasteiger partial charge in [-0.2, -0.15) is 5.10 Å². The lowest BCUT2D eigenvalue weighted by Crippen LogP contribution is -2.28. The third kappa shape index (κ3) is 4.33. The van der Waals surface area contributed by atoms with Gasteiger partial charge < -0.3 is 15.4 Å². The molecule has 4 rings (SSSR count). The number of nitrogens with one attached hydrogen (secondary N) is 2. The van der Waals surface area contributed by atoms with Crippen LogP contribution in [0.15, 0.2) is 29.6 Å². The van der Waals surface area contributed by atoms with Crippen LogP contribution >= 0.6 is 0 Å². The van der Waals surface area contributed by atoms with Gasteiger partial charge in [-0.15, -0.1) is 0 Å². The summed E-state index contributed by atoms with van der Waals surface area (Å²) in [6, 6.07) is 2.04. The fraction of sp³-hybridized carbons (Fsp3) is 0.375. The van der Waals surface area contributed by atoms with E-state index in [2.05, 4.69) is 31.7 Å². The molecule has 0 atom stereocenters. The average Bonchev–Trinajstić information content (AvgIpc) is 3.19. The van der Waals surface area contributed by atoms with E-state index in [0.717, 1.165) is 60.6 Å². The van der Waals surface area contributed by atoms with Crippen LogP contribution in [0.4, 0.5) is 5.69 Å². The summed E-state index contributed by atoms with van der Waals surface area (Å²) in [5.41, 5.74) is 6.32. The highest BCUT2D eigenvalue weighted by atomic mass is 16.5. The molecule has 2 aliphatic rings. The Morgan fingerprint density at radius 1 is 1.39 bits per heavy atom. The minimum atomic E-state index is -0.229. The summed E-state index contributed by atoms with van der Waals surface area (Å²) in [6.07, 6.45) is 7.50. The maximum atomic E-state index is 12.2. The summed E-state index contributed by atoms with van der Waals surface area (Å²) in [5.74, 6) is 2.26. The van der Waals surface area contributed by atoms with E-state index in [9.17, 15) is 9.59 Å². The molecule has 2 N–H and O–H groups in total. The molecule has 2 aromatic rings. The number of pyridine rings is 1. The van der Waals surface area contributed by atoms with Crippen LogP contribution in [0.5, 0.6) is 5.75 Å². The maximum Gasteiger partial charge on any atom is 0.273 e. The normalized spacial score (nSPS) is 15.7. The summed E-state index contributed by atoms with van der Waals surface area (Å²) in [4.78, 5) is 30.4. The molecule has 2 aromatic heterocycles. The van der Waals surface area contributed by atoms with Gasteiger partial charge >= 0.3 is 0 Å². The van der Waals surface area contributed by atoms with Crippen molar-refractivity contribution in [2.45, 2.75) is 26.3 Å². The Balaban J connectivity index is 1.50. The first-order valence-corrected chi connectivity index (χ1v) is 11.0. The molecule has 9 heteroatoms. The molecule has 172 valence electrons. The summed E-state index contributed by atoms with van der Waals surface area (Å²) in [5, 5.41) is 10.3. The zero-order valence-electron chi connectivity index (χ0n) is 19.4. The lowest BCUT2D eigenvalue weighted by atomic mass is 10.0. The van der Waals surface area contributed by atoms with E-state index >= 15 is 0 Å². The fourth-order valence-electron chi connectivity index (χ4n) is 4.25. The second-order valence-corrected chi connectivity index (χ2v) is 8.05. The van der Waals surface area contributed by atoms with Crippen molar-refractivity contribution in [3.63, 3.8) is 0 Å².